The van der Waals surface area contributed by atoms with E-state index in [2.05, 4.69) is 10.3 Å². The molecule has 0 spiro atoms. The number of rotatable bonds is 4. The van der Waals surface area contributed by atoms with E-state index in [0.717, 1.165) is 0 Å². The summed E-state index contributed by atoms with van der Waals surface area (Å²) < 4.78 is 0. The molecule has 1 heterocycles. The van der Waals surface area contributed by atoms with E-state index in [-0.39, 0.29) is 5.41 Å². The summed E-state index contributed by atoms with van der Waals surface area (Å²) in [6, 6.07) is 10.5. The lowest BCUT2D eigenvalue weighted by molar-refractivity contribution is 0.0873. The van der Waals surface area contributed by atoms with Crippen LogP contribution in [0.2, 0.25) is 5.02 Å². The second kappa shape index (κ2) is 6.65. The van der Waals surface area contributed by atoms with E-state index >= 15 is 0 Å². The molecule has 22 heavy (non-hydrogen) atoms. The lowest BCUT2D eigenvalue weighted by Gasteiger charge is -2.28. The largest absolute Gasteiger partial charge is 0.384 e. The Bertz CT molecular complexity index is 623. The fraction of sp³-hybridized carbons (Fsp3) is 0.353. The molecule has 0 aliphatic heterocycles. The number of halogens is 1. The van der Waals surface area contributed by atoms with E-state index in [1.165, 1.54) is 0 Å². The number of benzene rings is 1. The maximum absolute atomic E-state index is 10.6. The highest BCUT2D eigenvalue weighted by atomic mass is 35.5. The molecular weight excluding hydrogens is 300 g/mol. The van der Waals surface area contributed by atoms with E-state index in [9.17, 15) is 10.2 Å². The fourth-order valence-corrected chi connectivity index (χ4v) is 2.06. The van der Waals surface area contributed by atoms with Crippen molar-refractivity contribution < 1.29 is 10.2 Å². The maximum atomic E-state index is 10.6. The van der Waals surface area contributed by atoms with Crippen molar-refractivity contribution in [2.24, 2.45) is 5.41 Å². The van der Waals surface area contributed by atoms with Crippen LogP contribution >= 0.6 is 11.6 Å². The highest BCUT2D eigenvalue weighted by molar-refractivity contribution is 6.30. The van der Waals surface area contributed by atoms with Gasteiger partial charge in [-0.15, -0.1) is 0 Å². The van der Waals surface area contributed by atoms with Gasteiger partial charge in [-0.3, -0.25) is 0 Å². The lowest BCUT2D eigenvalue weighted by atomic mass is 9.94. The van der Waals surface area contributed by atoms with Crippen LogP contribution in [-0.4, -0.2) is 21.4 Å². The van der Waals surface area contributed by atoms with Crippen molar-refractivity contribution in [3.8, 4) is 0 Å². The third kappa shape index (κ3) is 3.97. The number of pyridine rings is 1. The predicted octanol–water partition coefficient (Wildman–Crippen LogP) is 3.59. The summed E-state index contributed by atoms with van der Waals surface area (Å²) in [5, 5.41) is 24.4. The van der Waals surface area contributed by atoms with Gasteiger partial charge in [0.1, 0.15) is 18.1 Å². The van der Waals surface area contributed by atoms with Crippen molar-refractivity contribution in [2.75, 3.05) is 5.32 Å². The van der Waals surface area contributed by atoms with Crippen LogP contribution in [0.4, 0.5) is 5.82 Å². The van der Waals surface area contributed by atoms with Crippen LogP contribution in [0.15, 0.2) is 42.6 Å². The third-order valence-corrected chi connectivity index (χ3v) is 3.66. The van der Waals surface area contributed by atoms with Crippen molar-refractivity contribution in [3.63, 3.8) is 0 Å². The van der Waals surface area contributed by atoms with Gasteiger partial charge in [0.2, 0.25) is 0 Å². The normalized spacial score (nSPS) is 14.5. The van der Waals surface area contributed by atoms with Crippen molar-refractivity contribution in [1.29, 1.82) is 0 Å². The summed E-state index contributed by atoms with van der Waals surface area (Å²) in [7, 11) is 0. The quantitative estimate of drug-likeness (QED) is 0.753. The van der Waals surface area contributed by atoms with Gasteiger partial charge in [0.15, 0.2) is 0 Å². The van der Waals surface area contributed by atoms with E-state index in [0.29, 0.717) is 22.0 Å². The Kier molecular flexibility index (Phi) is 5.06. The van der Waals surface area contributed by atoms with E-state index in [1.807, 2.05) is 20.8 Å². The molecule has 0 aliphatic rings. The minimum atomic E-state index is -0.847. The molecule has 3 N–H and O–H groups in total. The number of hydrogen-bond donors (Lipinski definition) is 3. The molecule has 0 saturated carbocycles. The molecule has 0 fully saturated rings. The average Bonchev–Trinajstić information content (AvgIpc) is 2.47. The van der Waals surface area contributed by atoms with Crippen LogP contribution in [0.1, 0.15) is 38.0 Å². The number of hydrogen-bond acceptors (Lipinski definition) is 4. The van der Waals surface area contributed by atoms with Gasteiger partial charge in [0.25, 0.3) is 0 Å². The highest BCUT2D eigenvalue weighted by Gasteiger charge is 2.24. The highest BCUT2D eigenvalue weighted by Crippen LogP contribution is 2.29. The summed E-state index contributed by atoms with van der Waals surface area (Å²) in [4.78, 5) is 4.24. The van der Waals surface area contributed by atoms with E-state index in [1.54, 1.807) is 42.6 Å². The minimum Gasteiger partial charge on any atom is -0.384 e. The maximum Gasteiger partial charge on any atom is 0.134 e. The van der Waals surface area contributed by atoms with Gasteiger partial charge in [0.05, 0.1) is 0 Å². The molecule has 2 aromatic rings. The number of aromatic nitrogens is 1. The molecule has 0 aliphatic carbocycles. The SMILES string of the molecule is CC(C)(C)C(O)Nc1ncccc1C(O)c1ccc(Cl)cc1. The van der Waals surface area contributed by atoms with Gasteiger partial charge in [-0.1, -0.05) is 50.6 Å². The first-order chi connectivity index (χ1) is 10.3. The Hall–Kier alpha value is -1.62. The lowest BCUT2D eigenvalue weighted by Crippen LogP contribution is -2.34. The van der Waals surface area contributed by atoms with Crippen molar-refractivity contribution in [2.45, 2.75) is 33.1 Å². The number of aliphatic hydroxyl groups is 2. The van der Waals surface area contributed by atoms with Crippen LogP contribution in [0, 0.1) is 5.41 Å². The van der Waals surface area contributed by atoms with Crippen LogP contribution in [0.25, 0.3) is 0 Å². The zero-order valence-corrected chi connectivity index (χ0v) is 13.7. The summed E-state index contributed by atoms with van der Waals surface area (Å²) in [6.07, 6.45) is -0.00491. The molecular formula is C17H21ClN2O2. The van der Waals surface area contributed by atoms with Crippen LogP contribution in [0.3, 0.4) is 0 Å². The van der Waals surface area contributed by atoms with Crippen molar-refractivity contribution >= 4 is 17.4 Å². The third-order valence-electron chi connectivity index (χ3n) is 3.41. The van der Waals surface area contributed by atoms with Crippen molar-refractivity contribution in [3.05, 3.63) is 58.7 Å². The average molecular weight is 321 g/mol. The second-order valence-electron chi connectivity index (χ2n) is 6.31. The molecule has 2 unspecified atom stereocenters. The summed E-state index contributed by atoms with van der Waals surface area (Å²) in [6.45, 7) is 5.76. The summed E-state index contributed by atoms with van der Waals surface area (Å²) in [5.41, 5.74) is 0.971. The molecule has 0 amide bonds. The molecule has 1 aromatic carbocycles. The van der Waals surface area contributed by atoms with Gasteiger partial charge < -0.3 is 15.5 Å². The molecule has 0 bridgehead atoms. The number of nitrogens with one attached hydrogen (secondary N) is 1. The molecule has 4 nitrogen and oxygen atoms in total. The fourth-order valence-electron chi connectivity index (χ4n) is 1.93. The molecule has 2 atom stereocenters. The smallest absolute Gasteiger partial charge is 0.134 e. The van der Waals surface area contributed by atoms with Crippen LogP contribution in [0.5, 0.6) is 0 Å². The van der Waals surface area contributed by atoms with Gasteiger partial charge in [-0.05, 0) is 23.8 Å². The Morgan fingerprint density at radius 3 is 2.32 bits per heavy atom. The van der Waals surface area contributed by atoms with E-state index < -0.39 is 12.3 Å². The first-order valence-corrected chi connectivity index (χ1v) is 7.50. The van der Waals surface area contributed by atoms with Crippen LogP contribution < -0.4 is 5.32 Å². The van der Waals surface area contributed by atoms with Crippen LogP contribution in [-0.2, 0) is 0 Å². The Labute approximate surface area is 135 Å². The molecule has 2 rings (SSSR count). The zero-order valence-electron chi connectivity index (χ0n) is 12.9. The Morgan fingerprint density at radius 2 is 1.73 bits per heavy atom. The van der Waals surface area contributed by atoms with Crippen molar-refractivity contribution in [1.82, 2.24) is 4.98 Å². The Morgan fingerprint density at radius 1 is 1.09 bits per heavy atom. The first kappa shape index (κ1) is 16.7. The standard InChI is InChI=1S/C17H21ClN2O2/c1-17(2,3)16(22)20-15-13(5-4-10-19-15)14(21)11-6-8-12(18)9-7-11/h4-10,14,16,21-22H,1-3H3,(H,19,20). The zero-order chi connectivity index (χ0) is 16.3. The monoisotopic (exact) mass is 320 g/mol. The predicted molar refractivity (Wildman–Crippen MR) is 88.8 cm³/mol. The molecule has 0 saturated heterocycles. The number of anilines is 1. The topological polar surface area (TPSA) is 65.4 Å². The van der Waals surface area contributed by atoms with Gasteiger partial charge in [-0.2, -0.15) is 0 Å². The summed E-state index contributed by atoms with van der Waals surface area (Å²) >= 11 is 5.87. The minimum absolute atomic E-state index is 0.347. The Balaban J connectivity index is 2.29. The van der Waals surface area contributed by atoms with Gasteiger partial charge in [-0.25, -0.2) is 4.98 Å². The second-order valence-corrected chi connectivity index (χ2v) is 6.74. The molecule has 118 valence electrons. The summed E-state index contributed by atoms with van der Waals surface area (Å²) in [5.74, 6) is 0.465. The molecule has 5 heteroatoms. The molecule has 0 radical (unpaired) electrons. The molecule has 1 aromatic heterocycles. The van der Waals surface area contributed by atoms with E-state index in [4.69, 9.17) is 11.6 Å². The first-order valence-electron chi connectivity index (χ1n) is 7.12. The number of aliphatic hydroxyl groups excluding tert-OH is 2. The van der Waals surface area contributed by atoms with Gasteiger partial charge in [0, 0.05) is 22.2 Å². The van der Waals surface area contributed by atoms with Gasteiger partial charge >= 0.3 is 0 Å². The number of nitrogens with zero attached hydrogens (tertiary/aromatic N) is 1.